The quantitative estimate of drug-likeness (QED) is 0.667. The summed E-state index contributed by atoms with van der Waals surface area (Å²) in [5.41, 5.74) is 1.92. The first-order valence-electron chi connectivity index (χ1n) is 10.2. The Labute approximate surface area is 172 Å². The number of amides is 1. The summed E-state index contributed by atoms with van der Waals surface area (Å²) >= 11 is 1.61. The highest BCUT2D eigenvalue weighted by Gasteiger charge is 2.24. The van der Waals surface area contributed by atoms with E-state index in [1.165, 1.54) is 0 Å². The van der Waals surface area contributed by atoms with Gasteiger partial charge in [-0.2, -0.15) is 0 Å². The first-order chi connectivity index (χ1) is 14.2. The van der Waals surface area contributed by atoms with Crippen LogP contribution in [0.3, 0.4) is 0 Å². The van der Waals surface area contributed by atoms with E-state index in [4.69, 9.17) is 9.72 Å². The Morgan fingerprint density at radius 2 is 2.14 bits per heavy atom. The minimum absolute atomic E-state index is 0.0528. The van der Waals surface area contributed by atoms with Gasteiger partial charge in [-0.05, 0) is 37.5 Å². The van der Waals surface area contributed by atoms with E-state index in [-0.39, 0.29) is 24.1 Å². The van der Waals surface area contributed by atoms with Crippen LogP contribution in [0.2, 0.25) is 0 Å². The van der Waals surface area contributed by atoms with E-state index in [0.717, 1.165) is 53.9 Å². The third kappa shape index (κ3) is 3.19. The van der Waals surface area contributed by atoms with Crippen molar-refractivity contribution in [2.24, 2.45) is 0 Å². The molecule has 0 spiro atoms. The second-order valence-electron chi connectivity index (χ2n) is 7.77. The Balaban J connectivity index is 1.67. The Kier molecular flexibility index (Phi) is 4.73. The summed E-state index contributed by atoms with van der Waals surface area (Å²) in [5.74, 6) is 1.62. The van der Waals surface area contributed by atoms with Crippen molar-refractivity contribution in [3.63, 3.8) is 0 Å². The standard InChI is InChI=1S/C21H24N4O3S/c1-28-14-7-8-16-15(11-14)18-19(20(27)24-9-4-10-29-21(24)23-18)25(16)12-17(26)22-13-5-2-3-6-13/h7-8,11,13H,2-6,9-10,12H2,1H3,(H,22,26). The predicted molar refractivity (Wildman–Crippen MR) is 114 cm³/mol. The summed E-state index contributed by atoms with van der Waals surface area (Å²) in [6.45, 7) is 0.787. The molecule has 152 valence electrons. The number of ether oxygens (including phenoxy) is 1. The molecule has 5 rings (SSSR count). The van der Waals surface area contributed by atoms with Crippen LogP contribution in [0.4, 0.5) is 0 Å². The van der Waals surface area contributed by atoms with Crippen molar-refractivity contribution in [2.45, 2.75) is 56.4 Å². The lowest BCUT2D eigenvalue weighted by molar-refractivity contribution is -0.122. The van der Waals surface area contributed by atoms with Crippen molar-refractivity contribution in [3.8, 4) is 5.75 Å². The smallest absolute Gasteiger partial charge is 0.278 e. The number of hydrogen-bond acceptors (Lipinski definition) is 5. The predicted octanol–water partition coefficient (Wildman–Crippen LogP) is 2.91. The molecule has 1 amide bonds. The molecular formula is C21H24N4O3S. The lowest BCUT2D eigenvalue weighted by Crippen LogP contribution is -2.36. The van der Waals surface area contributed by atoms with Crippen molar-refractivity contribution in [1.29, 1.82) is 0 Å². The number of hydrogen-bond donors (Lipinski definition) is 1. The van der Waals surface area contributed by atoms with E-state index < -0.39 is 0 Å². The van der Waals surface area contributed by atoms with Crippen LogP contribution in [0, 0.1) is 0 Å². The van der Waals surface area contributed by atoms with Crippen LogP contribution in [0.5, 0.6) is 5.75 Å². The average molecular weight is 413 g/mol. The molecule has 0 atom stereocenters. The molecule has 3 aromatic rings. The number of thioether (sulfide) groups is 1. The lowest BCUT2D eigenvalue weighted by atomic mass is 10.2. The van der Waals surface area contributed by atoms with Crippen LogP contribution in [-0.2, 0) is 17.9 Å². The largest absolute Gasteiger partial charge is 0.497 e. The van der Waals surface area contributed by atoms with Gasteiger partial charge in [0.25, 0.3) is 5.56 Å². The van der Waals surface area contributed by atoms with Crippen molar-refractivity contribution >= 4 is 39.6 Å². The van der Waals surface area contributed by atoms with E-state index in [2.05, 4.69) is 5.32 Å². The SMILES string of the molecule is COc1ccc2c(c1)c1nc3n(c(=O)c1n2CC(=O)NC1CCCC1)CCCS3. The molecule has 1 fully saturated rings. The molecule has 0 unspecified atom stereocenters. The van der Waals surface area contributed by atoms with Gasteiger partial charge < -0.3 is 14.6 Å². The molecule has 2 aromatic heterocycles. The summed E-state index contributed by atoms with van der Waals surface area (Å²) in [4.78, 5) is 31.0. The fourth-order valence-electron chi connectivity index (χ4n) is 4.49. The Morgan fingerprint density at radius 3 is 2.93 bits per heavy atom. The second-order valence-corrected chi connectivity index (χ2v) is 8.83. The van der Waals surface area contributed by atoms with Crippen molar-refractivity contribution in [3.05, 3.63) is 28.6 Å². The van der Waals surface area contributed by atoms with Crippen LogP contribution >= 0.6 is 11.8 Å². The monoisotopic (exact) mass is 412 g/mol. The average Bonchev–Trinajstić information content (AvgIpc) is 3.34. The summed E-state index contributed by atoms with van der Waals surface area (Å²) in [6.07, 6.45) is 5.33. The first-order valence-corrected chi connectivity index (χ1v) is 11.2. The Morgan fingerprint density at radius 1 is 1.31 bits per heavy atom. The number of aromatic nitrogens is 3. The molecule has 0 radical (unpaired) electrons. The number of carbonyl (C=O) groups is 1. The molecule has 1 aliphatic carbocycles. The Bertz CT molecular complexity index is 1160. The van der Waals surface area contributed by atoms with Crippen LogP contribution in [0.25, 0.3) is 21.9 Å². The van der Waals surface area contributed by atoms with Crippen LogP contribution in [0.1, 0.15) is 32.1 Å². The van der Waals surface area contributed by atoms with E-state index in [0.29, 0.717) is 23.3 Å². The molecule has 3 heterocycles. The molecule has 1 saturated carbocycles. The van der Waals surface area contributed by atoms with Gasteiger partial charge in [0.1, 0.15) is 23.3 Å². The van der Waals surface area contributed by atoms with Crippen LogP contribution in [-0.4, -0.2) is 38.9 Å². The van der Waals surface area contributed by atoms with Gasteiger partial charge in [-0.1, -0.05) is 24.6 Å². The molecule has 1 aromatic carbocycles. The summed E-state index contributed by atoms with van der Waals surface area (Å²) < 4.78 is 8.97. The highest BCUT2D eigenvalue weighted by atomic mass is 32.2. The van der Waals surface area contributed by atoms with Crippen LogP contribution < -0.4 is 15.6 Å². The lowest BCUT2D eigenvalue weighted by Gasteiger charge is -2.17. The molecule has 0 bridgehead atoms. The van der Waals surface area contributed by atoms with Gasteiger partial charge >= 0.3 is 0 Å². The third-order valence-electron chi connectivity index (χ3n) is 5.91. The molecule has 8 heteroatoms. The zero-order valence-corrected chi connectivity index (χ0v) is 17.3. The second kappa shape index (κ2) is 7.40. The van der Waals surface area contributed by atoms with Gasteiger partial charge in [0.2, 0.25) is 5.91 Å². The van der Waals surface area contributed by atoms with Crippen LogP contribution in [0.15, 0.2) is 28.2 Å². The zero-order chi connectivity index (χ0) is 20.0. The van der Waals surface area contributed by atoms with Crippen molar-refractivity contribution < 1.29 is 9.53 Å². The van der Waals surface area contributed by atoms with Gasteiger partial charge in [0.05, 0.1) is 12.6 Å². The molecule has 29 heavy (non-hydrogen) atoms. The fourth-order valence-corrected chi connectivity index (χ4v) is 5.43. The third-order valence-corrected chi connectivity index (χ3v) is 6.97. The minimum atomic E-state index is -0.0685. The molecule has 1 aliphatic heterocycles. The summed E-state index contributed by atoms with van der Waals surface area (Å²) in [5, 5.41) is 4.74. The number of nitrogens with zero attached hydrogens (tertiary/aromatic N) is 3. The highest BCUT2D eigenvalue weighted by molar-refractivity contribution is 7.99. The van der Waals surface area contributed by atoms with E-state index in [1.54, 1.807) is 23.4 Å². The number of carbonyl (C=O) groups excluding carboxylic acids is 1. The molecular weight excluding hydrogens is 388 g/mol. The van der Waals surface area contributed by atoms with E-state index in [1.807, 2.05) is 22.8 Å². The summed E-state index contributed by atoms with van der Waals surface area (Å²) in [6, 6.07) is 5.92. The number of fused-ring (bicyclic) bond motifs is 4. The van der Waals surface area contributed by atoms with Crippen molar-refractivity contribution in [2.75, 3.05) is 12.9 Å². The fraction of sp³-hybridized carbons (Fsp3) is 0.476. The highest BCUT2D eigenvalue weighted by Crippen LogP contribution is 2.32. The maximum atomic E-state index is 13.4. The van der Waals surface area contributed by atoms with E-state index >= 15 is 0 Å². The normalized spacial score (nSPS) is 17.0. The van der Waals surface area contributed by atoms with Gasteiger partial charge in [-0.15, -0.1) is 0 Å². The molecule has 1 N–H and O–H groups in total. The number of benzene rings is 1. The van der Waals surface area contributed by atoms with Gasteiger partial charge in [0.15, 0.2) is 5.16 Å². The summed E-state index contributed by atoms with van der Waals surface area (Å²) in [7, 11) is 1.62. The minimum Gasteiger partial charge on any atom is -0.497 e. The number of methoxy groups -OCH3 is 1. The Hall–Kier alpha value is -2.48. The molecule has 2 aliphatic rings. The van der Waals surface area contributed by atoms with Gasteiger partial charge in [-0.25, -0.2) is 4.98 Å². The topological polar surface area (TPSA) is 78.2 Å². The number of nitrogens with one attached hydrogen (secondary N) is 1. The molecule has 0 saturated heterocycles. The zero-order valence-electron chi connectivity index (χ0n) is 16.4. The first kappa shape index (κ1) is 18.5. The maximum absolute atomic E-state index is 13.4. The van der Waals surface area contributed by atoms with Gasteiger partial charge in [-0.3, -0.25) is 14.2 Å². The van der Waals surface area contributed by atoms with Crippen molar-refractivity contribution in [1.82, 2.24) is 19.4 Å². The van der Waals surface area contributed by atoms with Gasteiger partial charge in [0, 0.05) is 23.7 Å². The maximum Gasteiger partial charge on any atom is 0.278 e. The van der Waals surface area contributed by atoms with E-state index in [9.17, 15) is 9.59 Å². The molecule has 7 nitrogen and oxygen atoms in total. The number of rotatable bonds is 4.